The molecule has 0 aliphatic carbocycles. The van der Waals surface area contributed by atoms with Gasteiger partial charge in [-0.1, -0.05) is 30.0 Å². The minimum atomic E-state index is -3.38. The second-order valence-corrected chi connectivity index (χ2v) is 10.2. The van der Waals surface area contributed by atoms with E-state index in [-0.39, 0.29) is 11.9 Å². The van der Waals surface area contributed by atoms with Crippen LogP contribution in [0.15, 0.2) is 70.7 Å². The zero-order chi connectivity index (χ0) is 22.6. The lowest BCUT2D eigenvalue weighted by Crippen LogP contribution is -2.27. The summed E-state index contributed by atoms with van der Waals surface area (Å²) in [6.45, 7) is 5.97. The monoisotopic (exact) mass is 455 g/mol. The van der Waals surface area contributed by atoms with Gasteiger partial charge in [0.1, 0.15) is 5.03 Å². The molecule has 0 spiro atoms. The van der Waals surface area contributed by atoms with Crippen LogP contribution in [0.4, 0.5) is 5.69 Å². The van der Waals surface area contributed by atoms with Crippen molar-refractivity contribution in [1.82, 2.24) is 10.3 Å². The molecular formula is C23H25N3O3S2. The highest BCUT2D eigenvalue weighted by atomic mass is 32.2. The Morgan fingerprint density at radius 2 is 1.81 bits per heavy atom. The molecule has 0 saturated heterocycles. The molecule has 0 fully saturated rings. The molecule has 1 aromatic heterocycles. The van der Waals surface area contributed by atoms with E-state index in [2.05, 4.69) is 41.0 Å². The van der Waals surface area contributed by atoms with Gasteiger partial charge in [-0.2, -0.15) is 0 Å². The van der Waals surface area contributed by atoms with Crippen LogP contribution in [-0.2, 0) is 10.0 Å². The Morgan fingerprint density at radius 3 is 2.52 bits per heavy atom. The second-order valence-electron chi connectivity index (χ2n) is 7.40. The number of carbonyl (C=O) groups excluding carboxylic acids is 1. The molecule has 0 aliphatic heterocycles. The fourth-order valence-electron chi connectivity index (χ4n) is 2.98. The van der Waals surface area contributed by atoms with Crippen LogP contribution >= 0.6 is 11.8 Å². The van der Waals surface area contributed by atoms with E-state index >= 15 is 0 Å². The highest BCUT2D eigenvalue weighted by Crippen LogP contribution is 2.30. The number of amides is 1. The Bertz CT molecular complexity index is 1210. The molecule has 3 aromatic rings. The quantitative estimate of drug-likeness (QED) is 0.539. The fourth-order valence-corrected chi connectivity index (χ4v) is 4.51. The number of rotatable bonds is 7. The summed E-state index contributed by atoms with van der Waals surface area (Å²) in [7, 11) is -3.38. The number of nitrogens with zero attached hydrogens (tertiary/aromatic N) is 1. The molecule has 1 unspecified atom stereocenters. The van der Waals surface area contributed by atoms with Crippen LogP contribution < -0.4 is 10.0 Å². The molecule has 1 atom stereocenters. The van der Waals surface area contributed by atoms with E-state index in [1.54, 1.807) is 36.5 Å². The molecule has 2 aromatic carbocycles. The first kappa shape index (κ1) is 22.8. The van der Waals surface area contributed by atoms with Crippen LogP contribution in [0.3, 0.4) is 0 Å². The molecule has 0 radical (unpaired) electrons. The maximum absolute atomic E-state index is 13.0. The van der Waals surface area contributed by atoms with Gasteiger partial charge in [-0.05, 0) is 73.9 Å². The third-order valence-electron chi connectivity index (χ3n) is 4.75. The normalized spacial score (nSPS) is 12.3. The van der Waals surface area contributed by atoms with E-state index in [1.807, 2.05) is 19.1 Å². The lowest BCUT2D eigenvalue weighted by molar-refractivity contribution is 0.0936. The van der Waals surface area contributed by atoms with Gasteiger partial charge in [0.05, 0.1) is 17.9 Å². The lowest BCUT2D eigenvalue weighted by Gasteiger charge is -2.17. The van der Waals surface area contributed by atoms with Crippen molar-refractivity contribution in [3.63, 3.8) is 0 Å². The minimum Gasteiger partial charge on any atom is -0.345 e. The molecule has 3 rings (SSSR count). The number of nitrogens with one attached hydrogen (secondary N) is 2. The lowest BCUT2D eigenvalue weighted by atomic mass is 10.1. The summed E-state index contributed by atoms with van der Waals surface area (Å²) in [4.78, 5) is 18.4. The van der Waals surface area contributed by atoms with Crippen molar-refractivity contribution in [3.8, 4) is 0 Å². The van der Waals surface area contributed by atoms with E-state index in [4.69, 9.17) is 0 Å². The van der Waals surface area contributed by atoms with E-state index in [0.29, 0.717) is 16.3 Å². The van der Waals surface area contributed by atoms with E-state index in [0.717, 1.165) is 16.7 Å². The average Bonchev–Trinajstić information content (AvgIpc) is 2.70. The molecule has 162 valence electrons. The number of benzene rings is 2. The summed E-state index contributed by atoms with van der Waals surface area (Å²) in [6.07, 6.45) is 2.77. The fraction of sp³-hybridized carbons (Fsp3) is 0.217. The van der Waals surface area contributed by atoms with Crippen molar-refractivity contribution in [2.45, 2.75) is 36.7 Å². The second kappa shape index (κ2) is 9.53. The molecule has 8 heteroatoms. The van der Waals surface area contributed by atoms with E-state index < -0.39 is 10.0 Å². The summed E-state index contributed by atoms with van der Waals surface area (Å²) in [5.41, 5.74) is 4.12. The SMILES string of the molecule is Cc1ccc(Sc2ncccc2C(=O)NC(C)c2cccc(NS(C)(=O)=O)c2)cc1C. The average molecular weight is 456 g/mol. The van der Waals surface area contributed by atoms with Gasteiger partial charge < -0.3 is 5.32 Å². The van der Waals surface area contributed by atoms with Gasteiger partial charge in [0.2, 0.25) is 10.0 Å². The summed E-state index contributed by atoms with van der Waals surface area (Å²) < 4.78 is 25.4. The number of carbonyl (C=O) groups is 1. The molecular weight excluding hydrogens is 430 g/mol. The molecule has 1 amide bonds. The van der Waals surface area contributed by atoms with Gasteiger partial charge in [-0.25, -0.2) is 13.4 Å². The van der Waals surface area contributed by atoms with Crippen molar-refractivity contribution in [2.75, 3.05) is 11.0 Å². The number of aromatic nitrogens is 1. The first-order valence-electron chi connectivity index (χ1n) is 9.71. The Labute approximate surface area is 187 Å². The van der Waals surface area contributed by atoms with Crippen LogP contribution in [0.25, 0.3) is 0 Å². The third-order valence-corrected chi connectivity index (χ3v) is 6.36. The number of aryl methyl sites for hydroxylation is 2. The topological polar surface area (TPSA) is 88.2 Å². The van der Waals surface area contributed by atoms with Crippen molar-refractivity contribution < 1.29 is 13.2 Å². The van der Waals surface area contributed by atoms with Crippen LogP contribution in [0.5, 0.6) is 0 Å². The molecule has 0 saturated carbocycles. The first-order valence-corrected chi connectivity index (χ1v) is 12.4. The summed E-state index contributed by atoms with van der Waals surface area (Å²) in [5, 5.41) is 3.61. The van der Waals surface area contributed by atoms with Crippen molar-refractivity contribution in [2.24, 2.45) is 0 Å². The highest BCUT2D eigenvalue weighted by molar-refractivity contribution is 7.99. The third kappa shape index (κ3) is 6.32. The van der Waals surface area contributed by atoms with Crippen molar-refractivity contribution >= 4 is 33.4 Å². The van der Waals surface area contributed by atoms with Crippen LogP contribution in [-0.4, -0.2) is 25.6 Å². The standard InChI is InChI=1S/C23H25N3O3S2/c1-15-10-11-20(13-16(15)2)30-23-21(9-6-12-24-23)22(27)25-17(3)18-7-5-8-19(14-18)26-31(4,28)29/h5-14,17,26H,1-4H3,(H,25,27). The maximum atomic E-state index is 13.0. The van der Waals surface area contributed by atoms with Crippen molar-refractivity contribution in [3.05, 3.63) is 83.0 Å². The molecule has 1 heterocycles. The van der Waals surface area contributed by atoms with Crippen LogP contribution in [0, 0.1) is 13.8 Å². The predicted octanol–water partition coefficient (Wildman–Crippen LogP) is 4.71. The Morgan fingerprint density at radius 1 is 1.03 bits per heavy atom. The van der Waals surface area contributed by atoms with E-state index in [1.165, 1.54) is 22.9 Å². The predicted molar refractivity (Wildman–Crippen MR) is 125 cm³/mol. The van der Waals surface area contributed by atoms with Gasteiger partial charge >= 0.3 is 0 Å². The zero-order valence-electron chi connectivity index (χ0n) is 17.8. The highest BCUT2D eigenvalue weighted by Gasteiger charge is 2.17. The minimum absolute atomic E-state index is 0.242. The Balaban J connectivity index is 1.78. The largest absolute Gasteiger partial charge is 0.345 e. The van der Waals surface area contributed by atoms with Gasteiger partial charge in [0, 0.05) is 16.8 Å². The Hall–Kier alpha value is -2.84. The number of pyridine rings is 1. The van der Waals surface area contributed by atoms with Gasteiger partial charge in [-0.15, -0.1) is 0 Å². The maximum Gasteiger partial charge on any atom is 0.254 e. The number of hydrogen-bond donors (Lipinski definition) is 2. The smallest absolute Gasteiger partial charge is 0.254 e. The zero-order valence-corrected chi connectivity index (χ0v) is 19.5. The number of anilines is 1. The van der Waals surface area contributed by atoms with Gasteiger partial charge in [0.25, 0.3) is 5.91 Å². The van der Waals surface area contributed by atoms with Gasteiger partial charge in [0.15, 0.2) is 0 Å². The molecule has 0 bridgehead atoms. The molecule has 6 nitrogen and oxygen atoms in total. The van der Waals surface area contributed by atoms with Crippen molar-refractivity contribution in [1.29, 1.82) is 0 Å². The Kier molecular flexibility index (Phi) is 7.02. The molecule has 2 N–H and O–H groups in total. The summed E-state index contributed by atoms with van der Waals surface area (Å²) >= 11 is 1.45. The first-order chi connectivity index (χ1) is 14.6. The van der Waals surface area contributed by atoms with Gasteiger partial charge in [-0.3, -0.25) is 9.52 Å². The van der Waals surface area contributed by atoms with Crippen LogP contribution in [0.1, 0.15) is 40.0 Å². The van der Waals surface area contributed by atoms with Crippen LogP contribution in [0.2, 0.25) is 0 Å². The summed E-state index contributed by atoms with van der Waals surface area (Å²) in [6, 6.07) is 16.3. The number of hydrogen-bond acceptors (Lipinski definition) is 5. The molecule has 31 heavy (non-hydrogen) atoms. The molecule has 0 aliphatic rings. The summed E-state index contributed by atoms with van der Waals surface area (Å²) in [5.74, 6) is -0.242. The van der Waals surface area contributed by atoms with E-state index in [9.17, 15) is 13.2 Å². The number of sulfonamides is 1.